The van der Waals surface area contributed by atoms with E-state index in [2.05, 4.69) is 21.9 Å². The average Bonchev–Trinajstić information content (AvgIpc) is 3.24. The zero-order chi connectivity index (χ0) is 22.4. The van der Waals surface area contributed by atoms with E-state index in [1.807, 2.05) is 0 Å². The number of unbranched alkanes of at least 4 members (excludes halogenated alkanes) is 10. The van der Waals surface area contributed by atoms with Crippen molar-refractivity contribution in [2.45, 2.75) is 88.9 Å². The molecule has 0 fully saturated rings. The minimum atomic E-state index is -3.68. The number of aromatic nitrogens is 1. The highest BCUT2D eigenvalue weighted by molar-refractivity contribution is 7.93. The van der Waals surface area contributed by atoms with E-state index in [1.54, 1.807) is 17.5 Å². The number of carbonyl (C=O) groups excluding carboxylic acids is 1. The largest absolute Gasteiger partial charge is 0.326 e. The zero-order valence-electron chi connectivity index (χ0n) is 18.4. The van der Waals surface area contributed by atoms with Crippen molar-refractivity contribution in [1.29, 1.82) is 0 Å². The summed E-state index contributed by atoms with van der Waals surface area (Å²) in [4.78, 5) is 16.2. The number of thiazole rings is 1. The van der Waals surface area contributed by atoms with Crippen molar-refractivity contribution in [3.63, 3.8) is 0 Å². The van der Waals surface area contributed by atoms with Crippen molar-refractivity contribution >= 4 is 38.1 Å². The Kier molecular flexibility index (Phi) is 11.6. The molecule has 0 bridgehead atoms. The molecule has 2 N–H and O–H groups in total. The molecule has 2 aromatic rings. The molecule has 0 unspecified atom stereocenters. The summed E-state index contributed by atoms with van der Waals surface area (Å²) in [6, 6.07) is 6.17. The lowest BCUT2D eigenvalue weighted by Gasteiger charge is -2.08. The normalized spacial score (nSPS) is 11.4. The Bertz CT molecular complexity index is 851. The van der Waals surface area contributed by atoms with Gasteiger partial charge in [0.25, 0.3) is 10.0 Å². The zero-order valence-corrected chi connectivity index (χ0v) is 20.1. The summed E-state index contributed by atoms with van der Waals surface area (Å²) in [7, 11) is -3.68. The van der Waals surface area contributed by atoms with Crippen LogP contribution in [0.5, 0.6) is 0 Å². The minimum absolute atomic E-state index is 0.0348. The van der Waals surface area contributed by atoms with E-state index in [9.17, 15) is 13.2 Å². The van der Waals surface area contributed by atoms with Crippen LogP contribution in [0.3, 0.4) is 0 Å². The first-order valence-corrected chi connectivity index (χ1v) is 13.7. The van der Waals surface area contributed by atoms with Crippen LogP contribution in [-0.2, 0) is 14.8 Å². The Labute approximate surface area is 190 Å². The summed E-state index contributed by atoms with van der Waals surface area (Å²) in [5, 5.41) is 4.86. The fourth-order valence-corrected chi connectivity index (χ4v) is 5.13. The van der Waals surface area contributed by atoms with Crippen molar-refractivity contribution < 1.29 is 13.2 Å². The molecule has 0 saturated heterocycles. The molecule has 1 amide bonds. The molecule has 1 heterocycles. The van der Waals surface area contributed by atoms with E-state index in [4.69, 9.17) is 0 Å². The van der Waals surface area contributed by atoms with E-state index in [1.165, 1.54) is 87.5 Å². The maximum absolute atomic E-state index is 12.3. The highest BCUT2D eigenvalue weighted by Gasteiger charge is 2.15. The Hall–Kier alpha value is -1.93. The molecule has 0 spiro atoms. The summed E-state index contributed by atoms with van der Waals surface area (Å²) in [6.07, 6.45) is 15.8. The summed E-state index contributed by atoms with van der Waals surface area (Å²) in [5.74, 6) is -0.0348. The SMILES string of the molecule is CCCCCCCCCCCCCC(=O)Nc1ccc(S(=O)(=O)Nc2nccs2)cc1. The number of hydrogen-bond acceptors (Lipinski definition) is 5. The van der Waals surface area contributed by atoms with Gasteiger partial charge in [-0.05, 0) is 30.7 Å². The maximum atomic E-state index is 12.3. The van der Waals surface area contributed by atoms with Gasteiger partial charge in [0.15, 0.2) is 5.13 Å². The number of nitrogens with one attached hydrogen (secondary N) is 2. The third-order valence-corrected chi connectivity index (χ3v) is 7.28. The topological polar surface area (TPSA) is 88.2 Å². The first-order chi connectivity index (χ1) is 15.0. The van der Waals surface area contributed by atoms with Crippen molar-refractivity contribution in [3.8, 4) is 0 Å². The van der Waals surface area contributed by atoms with Gasteiger partial charge in [0, 0.05) is 23.7 Å². The number of sulfonamides is 1. The molecular formula is C23H35N3O3S2. The van der Waals surface area contributed by atoms with Crippen LogP contribution in [-0.4, -0.2) is 19.3 Å². The monoisotopic (exact) mass is 465 g/mol. The summed E-state index contributed by atoms with van der Waals surface area (Å²) < 4.78 is 27.1. The number of amides is 1. The van der Waals surface area contributed by atoms with Crippen molar-refractivity contribution in [2.24, 2.45) is 0 Å². The third kappa shape index (κ3) is 10.3. The lowest BCUT2D eigenvalue weighted by atomic mass is 10.1. The lowest BCUT2D eigenvalue weighted by Crippen LogP contribution is -2.14. The van der Waals surface area contributed by atoms with E-state index in [0.717, 1.165) is 12.8 Å². The molecule has 6 nitrogen and oxygen atoms in total. The Morgan fingerprint density at radius 3 is 2.03 bits per heavy atom. The van der Waals surface area contributed by atoms with Gasteiger partial charge in [-0.25, -0.2) is 13.4 Å². The van der Waals surface area contributed by atoms with Gasteiger partial charge in [-0.3, -0.25) is 9.52 Å². The third-order valence-electron chi connectivity index (χ3n) is 5.11. The van der Waals surface area contributed by atoms with Crippen LogP contribution in [0.2, 0.25) is 0 Å². The number of hydrogen-bond donors (Lipinski definition) is 2. The van der Waals surface area contributed by atoms with Crippen LogP contribution in [0.1, 0.15) is 84.0 Å². The molecule has 8 heteroatoms. The predicted molar refractivity (Wildman–Crippen MR) is 129 cm³/mol. The fraction of sp³-hybridized carbons (Fsp3) is 0.565. The highest BCUT2D eigenvalue weighted by atomic mass is 32.2. The van der Waals surface area contributed by atoms with Gasteiger partial charge in [-0.15, -0.1) is 11.3 Å². The van der Waals surface area contributed by atoms with Gasteiger partial charge in [-0.2, -0.15) is 0 Å². The minimum Gasteiger partial charge on any atom is -0.326 e. The summed E-state index contributed by atoms with van der Waals surface area (Å²) >= 11 is 1.22. The van der Waals surface area contributed by atoms with E-state index >= 15 is 0 Å². The van der Waals surface area contributed by atoms with Gasteiger partial charge in [0.05, 0.1) is 4.90 Å². The molecule has 0 aliphatic carbocycles. The van der Waals surface area contributed by atoms with Crippen molar-refractivity contribution in [1.82, 2.24) is 4.98 Å². The standard InChI is InChI=1S/C23H35N3O3S2/c1-2-3-4-5-6-7-8-9-10-11-12-13-22(27)25-20-14-16-21(17-15-20)31(28,29)26-23-24-18-19-30-23/h14-19H,2-13H2,1H3,(H,24,26)(H,25,27). The van der Waals surface area contributed by atoms with Gasteiger partial charge >= 0.3 is 0 Å². The second kappa shape index (κ2) is 14.2. The predicted octanol–water partition coefficient (Wildman–Crippen LogP) is 6.58. The van der Waals surface area contributed by atoms with Crippen LogP contribution in [0, 0.1) is 0 Å². The van der Waals surface area contributed by atoms with Crippen LogP contribution >= 0.6 is 11.3 Å². The molecule has 0 radical (unpaired) electrons. The molecule has 1 aromatic heterocycles. The fourth-order valence-electron chi connectivity index (χ4n) is 3.34. The lowest BCUT2D eigenvalue weighted by molar-refractivity contribution is -0.116. The molecule has 1 aromatic carbocycles. The average molecular weight is 466 g/mol. The molecule has 31 heavy (non-hydrogen) atoms. The summed E-state index contributed by atoms with van der Waals surface area (Å²) in [6.45, 7) is 2.24. The number of rotatable bonds is 16. The van der Waals surface area contributed by atoms with Gasteiger partial charge < -0.3 is 5.32 Å². The first-order valence-electron chi connectivity index (χ1n) is 11.3. The highest BCUT2D eigenvalue weighted by Crippen LogP contribution is 2.20. The van der Waals surface area contributed by atoms with Gasteiger partial charge in [-0.1, -0.05) is 71.1 Å². The molecule has 0 atom stereocenters. The summed E-state index contributed by atoms with van der Waals surface area (Å²) in [5.41, 5.74) is 0.598. The van der Waals surface area contributed by atoms with Gasteiger partial charge in [0.1, 0.15) is 0 Å². The van der Waals surface area contributed by atoms with Crippen LogP contribution < -0.4 is 10.0 Å². The second-order valence-corrected chi connectivity index (χ2v) is 10.4. The molecular weight excluding hydrogens is 430 g/mol. The van der Waals surface area contributed by atoms with E-state index in [0.29, 0.717) is 17.2 Å². The van der Waals surface area contributed by atoms with E-state index < -0.39 is 10.0 Å². The van der Waals surface area contributed by atoms with Crippen LogP contribution in [0.15, 0.2) is 40.7 Å². The van der Waals surface area contributed by atoms with Crippen LogP contribution in [0.25, 0.3) is 0 Å². The number of benzene rings is 1. The molecule has 0 saturated carbocycles. The molecule has 2 rings (SSSR count). The quantitative estimate of drug-likeness (QED) is 0.274. The first kappa shape index (κ1) is 25.3. The number of nitrogens with zero attached hydrogens (tertiary/aromatic N) is 1. The molecule has 0 aliphatic rings. The van der Waals surface area contributed by atoms with Crippen LogP contribution in [0.4, 0.5) is 10.8 Å². The molecule has 0 aliphatic heterocycles. The van der Waals surface area contributed by atoms with Crippen molar-refractivity contribution in [2.75, 3.05) is 10.0 Å². The van der Waals surface area contributed by atoms with Crippen molar-refractivity contribution in [3.05, 3.63) is 35.8 Å². The smallest absolute Gasteiger partial charge is 0.263 e. The Morgan fingerprint density at radius 2 is 1.48 bits per heavy atom. The number of carbonyl (C=O) groups is 1. The number of anilines is 2. The van der Waals surface area contributed by atoms with Gasteiger partial charge in [0.2, 0.25) is 5.91 Å². The maximum Gasteiger partial charge on any atom is 0.263 e. The Balaban J connectivity index is 1.59. The molecule has 172 valence electrons. The van der Waals surface area contributed by atoms with E-state index in [-0.39, 0.29) is 10.8 Å². The second-order valence-electron chi connectivity index (χ2n) is 7.80. The Morgan fingerprint density at radius 1 is 0.903 bits per heavy atom.